The molecule has 0 amide bonds. The number of ether oxygens (including phenoxy) is 1. The van der Waals surface area contributed by atoms with E-state index in [0.29, 0.717) is 0 Å². The third-order valence-corrected chi connectivity index (χ3v) is 3.48. The summed E-state index contributed by atoms with van der Waals surface area (Å²) in [5.41, 5.74) is 0.267. The maximum atomic E-state index is 5.35. The first-order valence-electron chi connectivity index (χ1n) is 6.60. The fourth-order valence-corrected chi connectivity index (χ4v) is 2.20. The number of hydrogen-bond acceptors (Lipinski definition) is 3. The summed E-state index contributed by atoms with van der Waals surface area (Å²) < 4.78 is 7.53. The average Bonchev–Trinajstić information content (AvgIpc) is 2.70. The summed E-state index contributed by atoms with van der Waals surface area (Å²) in [7, 11) is 0. The number of anilines is 1. The average molecular weight is 237 g/mol. The summed E-state index contributed by atoms with van der Waals surface area (Å²) in [4.78, 5) is 4.39. The van der Waals surface area contributed by atoms with E-state index in [1.54, 1.807) is 0 Å². The van der Waals surface area contributed by atoms with Crippen molar-refractivity contribution in [2.75, 3.05) is 18.5 Å². The van der Waals surface area contributed by atoms with Crippen LogP contribution in [0.2, 0.25) is 0 Å². The lowest BCUT2D eigenvalue weighted by Crippen LogP contribution is -2.42. The minimum absolute atomic E-state index is 0.267. The second kappa shape index (κ2) is 5.54. The van der Waals surface area contributed by atoms with Gasteiger partial charge >= 0.3 is 0 Å². The van der Waals surface area contributed by atoms with Gasteiger partial charge in [0.2, 0.25) is 5.95 Å². The van der Waals surface area contributed by atoms with Crippen molar-refractivity contribution in [3.63, 3.8) is 0 Å². The fourth-order valence-electron chi connectivity index (χ4n) is 2.20. The molecule has 0 spiro atoms. The summed E-state index contributed by atoms with van der Waals surface area (Å²) in [5, 5.41) is 3.56. The molecule has 1 aromatic heterocycles. The van der Waals surface area contributed by atoms with Crippen molar-refractivity contribution in [3.8, 4) is 0 Å². The van der Waals surface area contributed by atoms with Crippen LogP contribution in [0.4, 0.5) is 5.95 Å². The Bertz CT molecular complexity index is 344. The standard InChI is InChI=1S/C13H23N3O/c1-3-17-11-5-9-16-10-8-14-12(16)15-13(2)6-4-7-13/h8,10H,3-7,9,11H2,1-2H3,(H,14,15). The highest BCUT2D eigenvalue weighted by Crippen LogP contribution is 2.34. The third kappa shape index (κ3) is 3.22. The number of aromatic nitrogens is 2. The molecule has 4 nitrogen and oxygen atoms in total. The first-order valence-corrected chi connectivity index (χ1v) is 6.60. The minimum atomic E-state index is 0.267. The van der Waals surface area contributed by atoms with Crippen LogP contribution in [-0.2, 0) is 11.3 Å². The van der Waals surface area contributed by atoms with E-state index >= 15 is 0 Å². The van der Waals surface area contributed by atoms with Crippen molar-refractivity contribution in [1.82, 2.24) is 9.55 Å². The summed E-state index contributed by atoms with van der Waals surface area (Å²) in [6.45, 7) is 6.90. The number of nitrogens with one attached hydrogen (secondary N) is 1. The highest BCUT2D eigenvalue weighted by Gasteiger charge is 2.32. The number of aryl methyl sites for hydroxylation is 1. The van der Waals surface area contributed by atoms with Gasteiger partial charge in [0.15, 0.2) is 0 Å². The van der Waals surface area contributed by atoms with Crippen LogP contribution in [0.5, 0.6) is 0 Å². The number of imidazole rings is 1. The third-order valence-electron chi connectivity index (χ3n) is 3.48. The van der Waals surface area contributed by atoms with Crippen LogP contribution in [0.15, 0.2) is 12.4 Å². The molecule has 0 unspecified atom stereocenters. The SMILES string of the molecule is CCOCCCn1ccnc1NC1(C)CCC1. The normalized spacial score (nSPS) is 17.8. The Balaban J connectivity index is 1.83. The second-order valence-corrected chi connectivity index (χ2v) is 5.03. The molecular weight excluding hydrogens is 214 g/mol. The van der Waals surface area contributed by atoms with E-state index in [1.807, 2.05) is 19.3 Å². The Kier molecular flexibility index (Phi) is 4.05. The number of nitrogens with zero attached hydrogens (tertiary/aromatic N) is 2. The van der Waals surface area contributed by atoms with E-state index in [-0.39, 0.29) is 5.54 Å². The van der Waals surface area contributed by atoms with Crippen molar-refractivity contribution < 1.29 is 4.74 Å². The molecule has 0 saturated heterocycles. The molecule has 0 radical (unpaired) electrons. The molecular formula is C13H23N3O. The van der Waals surface area contributed by atoms with Crippen molar-refractivity contribution in [3.05, 3.63) is 12.4 Å². The topological polar surface area (TPSA) is 39.1 Å². The van der Waals surface area contributed by atoms with Crippen molar-refractivity contribution >= 4 is 5.95 Å². The molecule has 0 aliphatic heterocycles. The van der Waals surface area contributed by atoms with Crippen LogP contribution in [0.3, 0.4) is 0 Å². The highest BCUT2D eigenvalue weighted by molar-refractivity contribution is 5.31. The van der Waals surface area contributed by atoms with Gasteiger partial charge in [0.05, 0.1) is 0 Å². The zero-order valence-corrected chi connectivity index (χ0v) is 10.9. The van der Waals surface area contributed by atoms with Crippen LogP contribution in [0, 0.1) is 0 Å². The Morgan fingerprint density at radius 3 is 3.00 bits per heavy atom. The molecule has 0 bridgehead atoms. The Labute approximate surface area is 103 Å². The van der Waals surface area contributed by atoms with Gasteiger partial charge in [-0.2, -0.15) is 0 Å². The van der Waals surface area contributed by atoms with Crippen molar-refractivity contribution in [2.24, 2.45) is 0 Å². The van der Waals surface area contributed by atoms with E-state index in [2.05, 4.69) is 21.8 Å². The van der Waals surface area contributed by atoms with Gasteiger partial charge in [-0.15, -0.1) is 0 Å². The van der Waals surface area contributed by atoms with Crippen molar-refractivity contribution in [1.29, 1.82) is 0 Å². The predicted molar refractivity (Wildman–Crippen MR) is 69.2 cm³/mol. The van der Waals surface area contributed by atoms with Gasteiger partial charge in [0, 0.05) is 37.7 Å². The van der Waals surface area contributed by atoms with Gasteiger partial charge in [-0.3, -0.25) is 0 Å². The highest BCUT2D eigenvalue weighted by atomic mass is 16.5. The maximum absolute atomic E-state index is 5.35. The van der Waals surface area contributed by atoms with E-state index < -0.39 is 0 Å². The van der Waals surface area contributed by atoms with Gasteiger partial charge in [0.1, 0.15) is 0 Å². The van der Waals surface area contributed by atoms with E-state index in [1.165, 1.54) is 19.3 Å². The first-order chi connectivity index (χ1) is 8.23. The monoisotopic (exact) mass is 237 g/mol. The Hall–Kier alpha value is -1.03. The molecule has 17 heavy (non-hydrogen) atoms. The van der Waals surface area contributed by atoms with Gasteiger partial charge in [-0.05, 0) is 39.5 Å². The van der Waals surface area contributed by atoms with Crippen LogP contribution >= 0.6 is 0 Å². The summed E-state index contributed by atoms with van der Waals surface area (Å²) >= 11 is 0. The van der Waals surface area contributed by atoms with E-state index in [4.69, 9.17) is 4.74 Å². The van der Waals surface area contributed by atoms with Crippen LogP contribution in [0.25, 0.3) is 0 Å². The zero-order chi connectivity index (χ0) is 12.1. The molecule has 1 aromatic rings. The molecule has 2 rings (SSSR count). The molecule has 0 atom stereocenters. The molecule has 1 saturated carbocycles. The predicted octanol–water partition coefficient (Wildman–Crippen LogP) is 2.66. The number of rotatable bonds is 7. The first kappa shape index (κ1) is 12.4. The molecule has 1 N–H and O–H groups in total. The van der Waals surface area contributed by atoms with Gasteiger partial charge < -0.3 is 14.6 Å². The fraction of sp³-hybridized carbons (Fsp3) is 0.769. The van der Waals surface area contributed by atoms with Gasteiger partial charge in [-0.25, -0.2) is 4.98 Å². The minimum Gasteiger partial charge on any atom is -0.382 e. The van der Waals surface area contributed by atoms with E-state index in [0.717, 1.165) is 32.1 Å². The number of hydrogen-bond donors (Lipinski definition) is 1. The van der Waals surface area contributed by atoms with E-state index in [9.17, 15) is 0 Å². The van der Waals surface area contributed by atoms with Crippen LogP contribution in [0.1, 0.15) is 39.5 Å². The Morgan fingerprint density at radius 2 is 2.35 bits per heavy atom. The maximum Gasteiger partial charge on any atom is 0.203 e. The molecule has 1 aliphatic rings. The lowest BCUT2D eigenvalue weighted by atomic mass is 9.79. The molecule has 1 fully saturated rings. The van der Waals surface area contributed by atoms with Crippen LogP contribution < -0.4 is 5.32 Å². The Morgan fingerprint density at radius 1 is 1.53 bits per heavy atom. The lowest BCUT2D eigenvalue weighted by molar-refractivity contribution is 0.141. The van der Waals surface area contributed by atoms with Crippen molar-refractivity contribution in [2.45, 2.75) is 51.6 Å². The molecule has 0 aromatic carbocycles. The molecule has 1 heterocycles. The van der Waals surface area contributed by atoms with Crippen LogP contribution in [-0.4, -0.2) is 28.3 Å². The summed E-state index contributed by atoms with van der Waals surface area (Å²) in [5.74, 6) is 1.00. The van der Waals surface area contributed by atoms with Gasteiger partial charge in [0.25, 0.3) is 0 Å². The lowest BCUT2D eigenvalue weighted by Gasteiger charge is -2.39. The summed E-state index contributed by atoms with van der Waals surface area (Å²) in [6, 6.07) is 0. The molecule has 96 valence electrons. The van der Waals surface area contributed by atoms with Gasteiger partial charge in [-0.1, -0.05) is 0 Å². The second-order valence-electron chi connectivity index (χ2n) is 5.03. The molecule has 4 heteroatoms. The quantitative estimate of drug-likeness (QED) is 0.741. The molecule has 1 aliphatic carbocycles. The summed E-state index contributed by atoms with van der Waals surface area (Å²) in [6.07, 6.45) is 8.77. The smallest absolute Gasteiger partial charge is 0.203 e. The largest absolute Gasteiger partial charge is 0.382 e. The zero-order valence-electron chi connectivity index (χ0n) is 10.9.